The van der Waals surface area contributed by atoms with Gasteiger partial charge in [-0.25, -0.2) is 0 Å². The van der Waals surface area contributed by atoms with Crippen molar-refractivity contribution in [2.75, 3.05) is 24.5 Å². The van der Waals surface area contributed by atoms with Crippen molar-refractivity contribution in [3.8, 4) is 0 Å². The van der Waals surface area contributed by atoms with Gasteiger partial charge in [-0.05, 0) is 18.1 Å². The fraction of sp³-hybridized carbons (Fsp3) is 0.471. The third kappa shape index (κ3) is 2.63. The van der Waals surface area contributed by atoms with E-state index < -0.39 is 0 Å². The van der Waals surface area contributed by atoms with Gasteiger partial charge in [0.2, 0.25) is 0 Å². The number of benzene rings is 1. The maximum atomic E-state index is 4.58. The number of piperazine rings is 1. The number of aromatic nitrogens is 1. The molecule has 1 aliphatic heterocycles. The lowest BCUT2D eigenvalue weighted by atomic mass is 9.97. The van der Waals surface area contributed by atoms with Crippen LogP contribution in [-0.4, -0.2) is 30.7 Å². The molecule has 0 spiro atoms. The largest absolute Gasteiger partial charge is 0.367 e. The van der Waals surface area contributed by atoms with Crippen molar-refractivity contribution in [2.45, 2.75) is 26.3 Å². The number of anilines is 1. The first kappa shape index (κ1) is 13.4. The van der Waals surface area contributed by atoms with Crippen molar-refractivity contribution in [3.63, 3.8) is 0 Å². The summed E-state index contributed by atoms with van der Waals surface area (Å²) in [6, 6.07) is 11.2. The van der Waals surface area contributed by atoms with Gasteiger partial charge in [-0.15, -0.1) is 0 Å². The highest BCUT2D eigenvalue weighted by Crippen LogP contribution is 2.22. The molecule has 1 aromatic carbocycles. The quantitative estimate of drug-likeness (QED) is 0.928. The van der Waals surface area contributed by atoms with Crippen LogP contribution < -0.4 is 10.2 Å². The number of para-hydroxylation sites is 1. The molecule has 1 aromatic heterocycles. The lowest BCUT2D eigenvalue weighted by Crippen LogP contribution is -2.53. The third-order valence-corrected chi connectivity index (χ3v) is 4.48. The van der Waals surface area contributed by atoms with Crippen LogP contribution in [-0.2, 0) is 0 Å². The number of nitrogens with one attached hydrogen (secondary N) is 1. The second kappa shape index (κ2) is 5.80. The topological polar surface area (TPSA) is 28.2 Å². The van der Waals surface area contributed by atoms with Crippen molar-refractivity contribution in [3.05, 3.63) is 36.5 Å². The van der Waals surface area contributed by atoms with Crippen LogP contribution in [0.2, 0.25) is 0 Å². The van der Waals surface area contributed by atoms with Crippen LogP contribution in [0.1, 0.15) is 20.3 Å². The molecule has 3 heteroatoms. The summed E-state index contributed by atoms with van der Waals surface area (Å²) in [4.78, 5) is 7.05. The van der Waals surface area contributed by atoms with E-state index in [1.165, 1.54) is 17.5 Å². The molecule has 1 N–H and O–H groups in total. The predicted molar refractivity (Wildman–Crippen MR) is 85.2 cm³/mol. The molecule has 2 heterocycles. The first-order chi connectivity index (χ1) is 9.78. The van der Waals surface area contributed by atoms with Crippen LogP contribution in [0.4, 0.5) is 5.69 Å². The Labute approximate surface area is 121 Å². The van der Waals surface area contributed by atoms with Crippen molar-refractivity contribution < 1.29 is 0 Å². The summed E-state index contributed by atoms with van der Waals surface area (Å²) in [6.45, 7) is 7.80. The van der Waals surface area contributed by atoms with Crippen LogP contribution in [0.5, 0.6) is 0 Å². The Balaban J connectivity index is 1.83. The van der Waals surface area contributed by atoms with Gasteiger partial charge >= 0.3 is 0 Å². The van der Waals surface area contributed by atoms with Gasteiger partial charge in [0.15, 0.2) is 0 Å². The molecule has 1 fully saturated rings. The molecule has 1 saturated heterocycles. The second-order valence-corrected chi connectivity index (χ2v) is 5.78. The van der Waals surface area contributed by atoms with E-state index in [4.69, 9.17) is 0 Å². The highest BCUT2D eigenvalue weighted by atomic mass is 15.2. The van der Waals surface area contributed by atoms with Crippen molar-refractivity contribution in [1.82, 2.24) is 10.3 Å². The van der Waals surface area contributed by atoms with E-state index in [-0.39, 0.29) is 0 Å². The Morgan fingerprint density at radius 2 is 2.25 bits per heavy atom. The summed E-state index contributed by atoms with van der Waals surface area (Å²) in [5.74, 6) is 0.714. The molecule has 20 heavy (non-hydrogen) atoms. The normalized spacial score (nSPS) is 21.1. The minimum absolute atomic E-state index is 0.584. The lowest BCUT2D eigenvalue weighted by Gasteiger charge is -2.37. The fourth-order valence-electron chi connectivity index (χ4n) is 2.91. The molecule has 2 aromatic rings. The first-order valence-electron chi connectivity index (χ1n) is 7.61. The van der Waals surface area contributed by atoms with E-state index in [0.29, 0.717) is 12.0 Å². The zero-order valence-electron chi connectivity index (χ0n) is 12.3. The molecule has 0 aliphatic carbocycles. The molecule has 2 atom stereocenters. The highest BCUT2D eigenvalue weighted by molar-refractivity contribution is 5.81. The Bertz CT molecular complexity index is 581. The predicted octanol–water partition coefficient (Wildman–Crippen LogP) is 3.06. The summed E-state index contributed by atoms with van der Waals surface area (Å²) < 4.78 is 0. The molecule has 3 rings (SSSR count). The number of hydrogen-bond acceptors (Lipinski definition) is 3. The third-order valence-electron chi connectivity index (χ3n) is 4.48. The maximum absolute atomic E-state index is 4.58. The monoisotopic (exact) mass is 269 g/mol. The van der Waals surface area contributed by atoms with E-state index in [1.54, 1.807) is 0 Å². The Kier molecular flexibility index (Phi) is 3.88. The molecule has 106 valence electrons. The van der Waals surface area contributed by atoms with Crippen LogP contribution in [0.3, 0.4) is 0 Å². The summed E-state index contributed by atoms with van der Waals surface area (Å²) in [6.07, 6.45) is 3.24. The van der Waals surface area contributed by atoms with E-state index >= 15 is 0 Å². The number of pyridine rings is 1. The summed E-state index contributed by atoms with van der Waals surface area (Å²) >= 11 is 0. The van der Waals surface area contributed by atoms with Crippen LogP contribution in [0.25, 0.3) is 10.9 Å². The summed E-state index contributed by atoms with van der Waals surface area (Å²) in [5, 5.41) is 4.87. The number of rotatable bonds is 3. The Hall–Kier alpha value is -1.61. The van der Waals surface area contributed by atoms with E-state index in [9.17, 15) is 0 Å². The van der Waals surface area contributed by atoms with Gasteiger partial charge in [0.1, 0.15) is 0 Å². The summed E-state index contributed by atoms with van der Waals surface area (Å²) in [5.41, 5.74) is 2.32. The molecule has 0 bridgehead atoms. The zero-order valence-corrected chi connectivity index (χ0v) is 12.3. The standard InChI is InChI=1S/C17H23N3/c1-3-13(2)17-12-20(9-8-18-17)15-10-14-6-4-5-7-16(14)19-11-15/h4-7,10-11,13,17-18H,3,8-9,12H2,1-2H3. The van der Waals surface area contributed by atoms with Crippen molar-refractivity contribution in [2.24, 2.45) is 5.92 Å². The van der Waals surface area contributed by atoms with Crippen molar-refractivity contribution in [1.29, 1.82) is 0 Å². The lowest BCUT2D eigenvalue weighted by molar-refractivity contribution is 0.342. The minimum Gasteiger partial charge on any atom is -0.367 e. The highest BCUT2D eigenvalue weighted by Gasteiger charge is 2.23. The fourth-order valence-corrected chi connectivity index (χ4v) is 2.91. The van der Waals surface area contributed by atoms with Gasteiger partial charge < -0.3 is 10.2 Å². The van der Waals surface area contributed by atoms with Crippen LogP contribution in [0, 0.1) is 5.92 Å². The van der Waals surface area contributed by atoms with Gasteiger partial charge in [0, 0.05) is 31.1 Å². The van der Waals surface area contributed by atoms with E-state index in [1.807, 2.05) is 12.3 Å². The number of hydrogen-bond donors (Lipinski definition) is 1. The average molecular weight is 269 g/mol. The molecular weight excluding hydrogens is 246 g/mol. The Morgan fingerprint density at radius 1 is 1.40 bits per heavy atom. The van der Waals surface area contributed by atoms with Crippen LogP contribution in [0.15, 0.2) is 36.5 Å². The molecule has 0 amide bonds. The molecule has 0 saturated carbocycles. The smallest absolute Gasteiger partial charge is 0.0703 e. The second-order valence-electron chi connectivity index (χ2n) is 5.78. The van der Waals surface area contributed by atoms with Gasteiger partial charge in [0.25, 0.3) is 0 Å². The van der Waals surface area contributed by atoms with Gasteiger partial charge in [-0.1, -0.05) is 38.5 Å². The zero-order chi connectivity index (χ0) is 13.9. The number of nitrogens with zero attached hydrogens (tertiary/aromatic N) is 2. The Morgan fingerprint density at radius 3 is 3.10 bits per heavy atom. The molecule has 0 radical (unpaired) electrons. The summed E-state index contributed by atoms with van der Waals surface area (Å²) in [7, 11) is 0. The van der Waals surface area contributed by atoms with Gasteiger partial charge in [-0.3, -0.25) is 4.98 Å². The number of fused-ring (bicyclic) bond motifs is 1. The maximum Gasteiger partial charge on any atom is 0.0703 e. The molecule has 2 unspecified atom stereocenters. The molecular formula is C17H23N3. The van der Waals surface area contributed by atoms with E-state index in [2.05, 4.69) is 53.3 Å². The SMILES string of the molecule is CCC(C)C1CN(c2cnc3ccccc3c2)CCN1. The minimum atomic E-state index is 0.584. The first-order valence-corrected chi connectivity index (χ1v) is 7.61. The van der Waals surface area contributed by atoms with Crippen molar-refractivity contribution >= 4 is 16.6 Å². The molecule has 1 aliphatic rings. The van der Waals surface area contributed by atoms with E-state index in [0.717, 1.165) is 25.2 Å². The van der Waals surface area contributed by atoms with Gasteiger partial charge in [-0.2, -0.15) is 0 Å². The molecule has 3 nitrogen and oxygen atoms in total. The average Bonchev–Trinajstić information content (AvgIpc) is 2.53. The van der Waals surface area contributed by atoms with Gasteiger partial charge in [0.05, 0.1) is 17.4 Å². The van der Waals surface area contributed by atoms with Crippen LogP contribution >= 0.6 is 0 Å².